The fraction of sp³-hybridized carbons (Fsp3) is 0.308. The topological polar surface area (TPSA) is 131 Å². The van der Waals surface area contributed by atoms with Crippen LogP contribution in [-0.4, -0.2) is 44.7 Å². The molecule has 1 atom stereocenters. The molecule has 0 heterocycles. The zero-order valence-corrected chi connectivity index (χ0v) is 11.8. The van der Waals surface area contributed by atoms with Crippen molar-refractivity contribution in [1.82, 2.24) is 5.32 Å². The quantitative estimate of drug-likeness (QED) is 0.425. The third kappa shape index (κ3) is 5.62. The Morgan fingerprint density at radius 3 is 2.62 bits per heavy atom. The van der Waals surface area contributed by atoms with Crippen molar-refractivity contribution in [1.29, 1.82) is 5.26 Å². The van der Waals surface area contributed by atoms with Crippen molar-refractivity contribution in [3.8, 4) is 17.6 Å². The Hall–Kier alpha value is -2.40. The number of hydrogen-bond acceptors (Lipinski definition) is 6. The highest BCUT2D eigenvalue weighted by molar-refractivity contribution is 8.00. The van der Waals surface area contributed by atoms with Crippen molar-refractivity contribution < 1.29 is 24.9 Å². The Labute approximate surface area is 125 Å². The van der Waals surface area contributed by atoms with E-state index in [1.165, 1.54) is 18.2 Å². The SMILES string of the molecule is N#CCSCC(=O)NC(Cc1ccc(O)c(O)c1)C(=O)O. The first-order valence-corrected chi connectivity index (χ1v) is 7.07. The van der Waals surface area contributed by atoms with E-state index in [1.807, 2.05) is 6.07 Å². The largest absolute Gasteiger partial charge is 0.504 e. The van der Waals surface area contributed by atoms with Crippen molar-refractivity contribution in [2.45, 2.75) is 12.5 Å². The van der Waals surface area contributed by atoms with E-state index < -0.39 is 17.9 Å². The molecule has 1 aromatic rings. The molecule has 0 spiro atoms. The number of benzene rings is 1. The van der Waals surface area contributed by atoms with Gasteiger partial charge in [-0.05, 0) is 17.7 Å². The van der Waals surface area contributed by atoms with E-state index in [1.54, 1.807) is 0 Å². The molecule has 0 radical (unpaired) electrons. The van der Waals surface area contributed by atoms with Gasteiger partial charge in [0.2, 0.25) is 5.91 Å². The number of carbonyl (C=O) groups excluding carboxylic acids is 1. The molecule has 0 fully saturated rings. The summed E-state index contributed by atoms with van der Waals surface area (Å²) in [5.41, 5.74) is 0.461. The number of amides is 1. The van der Waals surface area contributed by atoms with Crippen LogP contribution in [0.4, 0.5) is 0 Å². The Kier molecular flexibility index (Phi) is 6.36. The summed E-state index contributed by atoms with van der Waals surface area (Å²) >= 11 is 1.09. The first-order valence-electron chi connectivity index (χ1n) is 5.91. The number of nitrogens with zero attached hydrogens (tertiary/aromatic N) is 1. The second-order valence-corrected chi connectivity index (χ2v) is 5.12. The van der Waals surface area contributed by atoms with Gasteiger partial charge in [-0.15, -0.1) is 11.8 Å². The number of nitrogens with one attached hydrogen (secondary N) is 1. The highest BCUT2D eigenvalue weighted by atomic mass is 32.2. The minimum Gasteiger partial charge on any atom is -0.504 e. The van der Waals surface area contributed by atoms with Crippen molar-refractivity contribution in [2.24, 2.45) is 0 Å². The summed E-state index contributed by atoms with van der Waals surface area (Å²) in [7, 11) is 0. The lowest BCUT2D eigenvalue weighted by molar-refractivity contribution is -0.141. The minimum absolute atomic E-state index is 0.00182. The maximum Gasteiger partial charge on any atom is 0.326 e. The number of carboxylic acids is 1. The highest BCUT2D eigenvalue weighted by Crippen LogP contribution is 2.25. The van der Waals surface area contributed by atoms with Crippen LogP contribution in [0.1, 0.15) is 5.56 Å². The van der Waals surface area contributed by atoms with Gasteiger partial charge < -0.3 is 20.6 Å². The number of aliphatic carboxylic acids is 1. The van der Waals surface area contributed by atoms with Gasteiger partial charge in [0.1, 0.15) is 6.04 Å². The van der Waals surface area contributed by atoms with Gasteiger partial charge in [-0.2, -0.15) is 5.26 Å². The normalized spacial score (nSPS) is 11.4. The van der Waals surface area contributed by atoms with E-state index in [-0.39, 0.29) is 29.4 Å². The summed E-state index contributed by atoms with van der Waals surface area (Å²) in [5.74, 6) is -2.20. The van der Waals surface area contributed by atoms with Crippen molar-refractivity contribution in [2.75, 3.05) is 11.5 Å². The van der Waals surface area contributed by atoms with Gasteiger partial charge >= 0.3 is 5.97 Å². The van der Waals surface area contributed by atoms with Gasteiger partial charge in [0.25, 0.3) is 0 Å². The second kappa shape index (κ2) is 8.01. The fourth-order valence-electron chi connectivity index (χ4n) is 1.56. The van der Waals surface area contributed by atoms with E-state index in [0.29, 0.717) is 5.56 Å². The van der Waals surface area contributed by atoms with Gasteiger partial charge in [0.15, 0.2) is 11.5 Å². The molecular weight excluding hydrogens is 296 g/mol. The summed E-state index contributed by atoms with van der Waals surface area (Å²) in [5, 5.41) is 38.3. The Morgan fingerprint density at radius 1 is 1.33 bits per heavy atom. The van der Waals surface area contributed by atoms with Crippen molar-refractivity contribution >= 4 is 23.6 Å². The summed E-state index contributed by atoms with van der Waals surface area (Å²) in [4.78, 5) is 22.7. The number of phenols is 2. The third-order valence-corrected chi connectivity index (χ3v) is 3.31. The average Bonchev–Trinajstić information content (AvgIpc) is 2.42. The zero-order valence-electron chi connectivity index (χ0n) is 10.9. The van der Waals surface area contributed by atoms with E-state index in [9.17, 15) is 19.8 Å². The number of phenolic OH excluding ortho intramolecular Hbond substituents is 2. The van der Waals surface area contributed by atoms with Crippen LogP contribution in [0.25, 0.3) is 0 Å². The van der Waals surface area contributed by atoms with E-state index in [4.69, 9.17) is 10.4 Å². The predicted octanol–water partition coefficient (Wildman–Crippen LogP) is 0.466. The molecule has 1 aromatic carbocycles. The predicted molar refractivity (Wildman–Crippen MR) is 76.0 cm³/mol. The van der Waals surface area contributed by atoms with Gasteiger partial charge in [0, 0.05) is 6.42 Å². The molecule has 0 bridgehead atoms. The van der Waals surface area contributed by atoms with E-state index in [2.05, 4.69) is 5.32 Å². The molecule has 0 aliphatic rings. The van der Waals surface area contributed by atoms with Crippen molar-refractivity contribution in [3.05, 3.63) is 23.8 Å². The lowest BCUT2D eigenvalue weighted by Gasteiger charge is -2.14. The third-order valence-electron chi connectivity index (χ3n) is 2.51. The zero-order chi connectivity index (χ0) is 15.8. The standard InChI is InChI=1S/C13H14N2O5S/c14-3-4-21-7-12(18)15-9(13(19)20)5-8-1-2-10(16)11(17)6-8/h1-2,6,9,16-17H,4-5,7H2,(H,15,18)(H,19,20). The number of carbonyl (C=O) groups is 2. The number of thioether (sulfide) groups is 1. The Morgan fingerprint density at radius 2 is 2.05 bits per heavy atom. The molecule has 1 unspecified atom stereocenters. The molecule has 4 N–H and O–H groups in total. The first-order chi connectivity index (χ1) is 9.93. The van der Waals surface area contributed by atoms with Gasteiger partial charge in [0.05, 0.1) is 17.6 Å². The molecule has 8 heteroatoms. The molecule has 112 valence electrons. The van der Waals surface area contributed by atoms with Gasteiger partial charge in [-0.1, -0.05) is 6.07 Å². The molecule has 0 aromatic heterocycles. The average molecular weight is 310 g/mol. The van der Waals surface area contributed by atoms with Crippen LogP contribution in [0.2, 0.25) is 0 Å². The summed E-state index contributed by atoms with van der Waals surface area (Å²) in [6.45, 7) is 0. The van der Waals surface area contributed by atoms with Crippen LogP contribution in [-0.2, 0) is 16.0 Å². The monoisotopic (exact) mass is 310 g/mol. The minimum atomic E-state index is -1.21. The van der Waals surface area contributed by atoms with E-state index >= 15 is 0 Å². The number of rotatable bonds is 7. The smallest absolute Gasteiger partial charge is 0.326 e. The van der Waals surface area contributed by atoms with Crippen molar-refractivity contribution in [3.63, 3.8) is 0 Å². The number of carboxylic acid groups (broad SMARTS) is 1. The van der Waals surface area contributed by atoms with Gasteiger partial charge in [-0.25, -0.2) is 4.79 Å². The molecule has 21 heavy (non-hydrogen) atoms. The van der Waals surface area contributed by atoms with Crippen LogP contribution >= 0.6 is 11.8 Å². The second-order valence-electron chi connectivity index (χ2n) is 4.14. The number of aromatic hydroxyl groups is 2. The van der Waals surface area contributed by atoms with Crippen LogP contribution in [0.3, 0.4) is 0 Å². The molecule has 0 saturated carbocycles. The molecule has 0 saturated heterocycles. The van der Waals surface area contributed by atoms with Gasteiger partial charge in [-0.3, -0.25) is 4.79 Å². The van der Waals surface area contributed by atoms with Crippen LogP contribution in [0.15, 0.2) is 18.2 Å². The molecule has 7 nitrogen and oxygen atoms in total. The van der Waals surface area contributed by atoms with Crippen LogP contribution in [0.5, 0.6) is 11.5 Å². The molecule has 0 aliphatic heterocycles. The maximum atomic E-state index is 11.5. The lowest BCUT2D eigenvalue weighted by Crippen LogP contribution is -2.43. The molecule has 1 amide bonds. The lowest BCUT2D eigenvalue weighted by atomic mass is 10.1. The summed E-state index contributed by atoms with van der Waals surface area (Å²) in [6.07, 6.45) is -0.0299. The molecule has 1 rings (SSSR count). The fourth-order valence-corrected chi connectivity index (χ4v) is 2.02. The molecule has 0 aliphatic carbocycles. The first kappa shape index (κ1) is 16.7. The Balaban J connectivity index is 2.65. The van der Waals surface area contributed by atoms with Crippen LogP contribution < -0.4 is 5.32 Å². The number of nitriles is 1. The Bertz CT molecular complexity index is 570. The van der Waals surface area contributed by atoms with E-state index in [0.717, 1.165) is 11.8 Å². The summed E-state index contributed by atoms with van der Waals surface area (Å²) < 4.78 is 0. The highest BCUT2D eigenvalue weighted by Gasteiger charge is 2.20. The van der Waals surface area contributed by atoms with Crippen LogP contribution in [0, 0.1) is 11.3 Å². The summed E-state index contributed by atoms with van der Waals surface area (Å²) in [6, 6.07) is 4.66. The molecular formula is C13H14N2O5S. The maximum absolute atomic E-state index is 11.5. The number of hydrogen-bond donors (Lipinski definition) is 4.